The van der Waals surface area contributed by atoms with Crippen molar-refractivity contribution in [3.05, 3.63) is 22.8 Å². The Morgan fingerprint density at radius 3 is 2.23 bits per heavy atom. The molecule has 2 amide bonds. The number of aromatic nitrogens is 2. The largest absolute Gasteiger partial charge is 0.353 e. The van der Waals surface area contributed by atoms with Gasteiger partial charge in [-0.05, 0) is 46.0 Å². The fraction of sp³-hybridized carbons (Fsp3) is 0.750. The summed E-state index contributed by atoms with van der Waals surface area (Å²) < 4.78 is 0. The average molecular weight is 413 g/mol. The fourth-order valence-corrected chi connectivity index (χ4v) is 5.49. The Labute approximate surface area is 180 Å². The Bertz CT molecular complexity index is 758. The first-order valence-corrected chi connectivity index (χ1v) is 11.9. The third-order valence-corrected chi connectivity index (χ3v) is 7.32. The first-order chi connectivity index (χ1) is 14.5. The summed E-state index contributed by atoms with van der Waals surface area (Å²) >= 11 is 0. The predicted octanol–water partition coefficient (Wildman–Crippen LogP) is 3.59. The van der Waals surface area contributed by atoms with Crippen molar-refractivity contribution in [2.75, 3.05) is 13.1 Å². The van der Waals surface area contributed by atoms with Gasteiger partial charge >= 0.3 is 0 Å². The molecule has 0 bridgehead atoms. The van der Waals surface area contributed by atoms with Crippen molar-refractivity contribution >= 4 is 11.8 Å². The van der Waals surface area contributed by atoms with E-state index in [0.717, 1.165) is 68.0 Å². The van der Waals surface area contributed by atoms with E-state index in [9.17, 15) is 9.59 Å². The second kappa shape index (κ2) is 9.44. The number of nitrogens with zero attached hydrogens (tertiary/aromatic N) is 3. The highest BCUT2D eigenvalue weighted by molar-refractivity contribution is 5.80. The summed E-state index contributed by atoms with van der Waals surface area (Å²) in [5.41, 5.74) is 2.75. The van der Waals surface area contributed by atoms with E-state index in [2.05, 4.69) is 5.32 Å². The van der Waals surface area contributed by atoms with Crippen molar-refractivity contribution < 1.29 is 9.59 Å². The van der Waals surface area contributed by atoms with E-state index in [1.165, 1.54) is 32.1 Å². The quantitative estimate of drug-likeness (QED) is 0.802. The number of hydrogen-bond acceptors (Lipinski definition) is 4. The van der Waals surface area contributed by atoms with Crippen LogP contribution in [0.4, 0.5) is 0 Å². The predicted molar refractivity (Wildman–Crippen MR) is 116 cm³/mol. The minimum Gasteiger partial charge on any atom is -0.353 e. The van der Waals surface area contributed by atoms with Crippen LogP contribution in [0, 0.1) is 19.8 Å². The van der Waals surface area contributed by atoms with Gasteiger partial charge in [-0.15, -0.1) is 0 Å². The smallest absolute Gasteiger partial charge is 0.225 e. The SMILES string of the molecule is Cc1nc([C@@H]2CCN(C(=O)C3CCCC3)C2)nc(C)c1CC(=O)NC1CCCCC1. The molecule has 3 aliphatic rings. The zero-order chi connectivity index (χ0) is 21.1. The highest BCUT2D eigenvalue weighted by atomic mass is 16.2. The van der Waals surface area contributed by atoms with Crippen molar-refractivity contribution in [1.29, 1.82) is 0 Å². The lowest BCUT2D eigenvalue weighted by Gasteiger charge is -2.23. The lowest BCUT2D eigenvalue weighted by molar-refractivity contribution is -0.134. The van der Waals surface area contributed by atoms with Gasteiger partial charge in [-0.1, -0.05) is 32.1 Å². The number of likely N-dealkylation sites (tertiary alicyclic amines) is 1. The molecule has 3 fully saturated rings. The molecule has 2 saturated carbocycles. The number of aryl methyl sites for hydroxylation is 2. The molecule has 1 aromatic rings. The first-order valence-electron chi connectivity index (χ1n) is 11.9. The zero-order valence-corrected chi connectivity index (χ0v) is 18.6. The van der Waals surface area contributed by atoms with Crippen molar-refractivity contribution in [1.82, 2.24) is 20.2 Å². The highest BCUT2D eigenvalue weighted by Gasteiger charge is 2.34. The Balaban J connectivity index is 1.37. The molecule has 1 N–H and O–H groups in total. The van der Waals surface area contributed by atoms with Crippen LogP contribution in [-0.2, 0) is 16.0 Å². The zero-order valence-electron chi connectivity index (χ0n) is 18.6. The third kappa shape index (κ3) is 4.84. The molecule has 1 aromatic heterocycles. The average Bonchev–Trinajstić information content (AvgIpc) is 3.43. The van der Waals surface area contributed by atoms with Crippen LogP contribution < -0.4 is 5.32 Å². The van der Waals surface area contributed by atoms with Gasteiger partial charge in [0.2, 0.25) is 11.8 Å². The van der Waals surface area contributed by atoms with Crippen LogP contribution in [0.25, 0.3) is 0 Å². The maximum absolute atomic E-state index is 12.7. The van der Waals surface area contributed by atoms with Crippen molar-refractivity contribution in [3.8, 4) is 0 Å². The van der Waals surface area contributed by atoms with E-state index >= 15 is 0 Å². The molecular weight excluding hydrogens is 376 g/mol. The molecule has 164 valence electrons. The van der Waals surface area contributed by atoms with Gasteiger partial charge < -0.3 is 10.2 Å². The van der Waals surface area contributed by atoms with Crippen LogP contribution in [-0.4, -0.2) is 45.8 Å². The number of nitrogens with one attached hydrogen (secondary N) is 1. The summed E-state index contributed by atoms with van der Waals surface area (Å²) in [7, 11) is 0. The van der Waals surface area contributed by atoms with Crippen LogP contribution >= 0.6 is 0 Å². The Morgan fingerprint density at radius 2 is 1.57 bits per heavy atom. The maximum Gasteiger partial charge on any atom is 0.225 e. The minimum absolute atomic E-state index is 0.0821. The highest BCUT2D eigenvalue weighted by Crippen LogP contribution is 2.31. The third-order valence-electron chi connectivity index (χ3n) is 7.32. The Morgan fingerprint density at radius 1 is 0.933 bits per heavy atom. The number of hydrogen-bond donors (Lipinski definition) is 1. The number of rotatable bonds is 5. The summed E-state index contributed by atoms with van der Waals surface area (Å²) in [6.45, 7) is 5.51. The molecule has 0 unspecified atom stereocenters. The number of amides is 2. The molecule has 0 aromatic carbocycles. The lowest BCUT2D eigenvalue weighted by Crippen LogP contribution is -2.37. The Kier molecular flexibility index (Phi) is 6.69. The molecule has 2 heterocycles. The molecule has 1 atom stereocenters. The first kappa shape index (κ1) is 21.3. The molecule has 0 radical (unpaired) electrons. The van der Waals surface area contributed by atoms with Gasteiger partial charge in [0.25, 0.3) is 0 Å². The molecule has 2 aliphatic carbocycles. The van der Waals surface area contributed by atoms with Crippen LogP contribution in [0.1, 0.15) is 92.9 Å². The standard InChI is InChI=1S/C24H36N4O2/c1-16-21(14-22(29)27-20-10-4-3-5-11-20)17(2)26-23(25-16)19-12-13-28(15-19)24(30)18-8-6-7-9-18/h18-20H,3-15H2,1-2H3,(H,27,29)/t19-/m1/s1. The van der Waals surface area contributed by atoms with E-state index in [4.69, 9.17) is 9.97 Å². The number of carbonyl (C=O) groups excluding carboxylic acids is 2. The van der Waals surface area contributed by atoms with Crippen LogP contribution in [0.2, 0.25) is 0 Å². The van der Waals surface area contributed by atoms with Gasteiger partial charge in [0.05, 0.1) is 6.42 Å². The summed E-state index contributed by atoms with van der Waals surface area (Å²) in [6.07, 6.45) is 11.6. The molecule has 6 heteroatoms. The lowest BCUT2D eigenvalue weighted by atomic mass is 9.95. The van der Waals surface area contributed by atoms with E-state index in [0.29, 0.717) is 18.4 Å². The second-order valence-electron chi connectivity index (χ2n) is 9.56. The minimum atomic E-state index is 0.0821. The molecule has 1 saturated heterocycles. The van der Waals surface area contributed by atoms with Crippen molar-refractivity contribution in [2.45, 2.75) is 96.4 Å². The van der Waals surface area contributed by atoms with E-state index in [1.54, 1.807) is 0 Å². The number of carbonyl (C=O) groups is 2. The summed E-state index contributed by atoms with van der Waals surface area (Å²) in [5.74, 6) is 1.69. The van der Waals surface area contributed by atoms with Gasteiger partial charge in [-0.2, -0.15) is 0 Å². The van der Waals surface area contributed by atoms with Crippen molar-refractivity contribution in [2.24, 2.45) is 5.92 Å². The van der Waals surface area contributed by atoms with Gasteiger partial charge in [-0.25, -0.2) is 9.97 Å². The molecular formula is C24H36N4O2. The summed E-state index contributed by atoms with van der Waals surface area (Å²) in [5, 5.41) is 3.20. The van der Waals surface area contributed by atoms with Crippen LogP contribution in [0.3, 0.4) is 0 Å². The van der Waals surface area contributed by atoms with Crippen LogP contribution in [0.5, 0.6) is 0 Å². The fourth-order valence-electron chi connectivity index (χ4n) is 5.49. The van der Waals surface area contributed by atoms with Gasteiger partial charge in [-0.3, -0.25) is 9.59 Å². The molecule has 30 heavy (non-hydrogen) atoms. The van der Waals surface area contributed by atoms with Gasteiger partial charge in [0, 0.05) is 47.9 Å². The normalized spacial score (nSPS) is 23.1. The monoisotopic (exact) mass is 412 g/mol. The van der Waals surface area contributed by atoms with Gasteiger partial charge in [0.1, 0.15) is 5.82 Å². The molecule has 1 aliphatic heterocycles. The van der Waals surface area contributed by atoms with Gasteiger partial charge in [0.15, 0.2) is 0 Å². The van der Waals surface area contributed by atoms with E-state index < -0.39 is 0 Å². The maximum atomic E-state index is 12.7. The second-order valence-corrected chi connectivity index (χ2v) is 9.56. The summed E-state index contributed by atoms with van der Waals surface area (Å²) in [6, 6.07) is 0.328. The van der Waals surface area contributed by atoms with Crippen LogP contribution in [0.15, 0.2) is 0 Å². The summed E-state index contributed by atoms with van der Waals surface area (Å²) in [4.78, 5) is 36.9. The molecule has 0 spiro atoms. The van der Waals surface area contributed by atoms with E-state index in [-0.39, 0.29) is 17.7 Å². The Hall–Kier alpha value is -1.98. The topological polar surface area (TPSA) is 75.2 Å². The molecule has 4 rings (SSSR count). The van der Waals surface area contributed by atoms with Crippen molar-refractivity contribution in [3.63, 3.8) is 0 Å². The molecule has 6 nitrogen and oxygen atoms in total. The van der Waals surface area contributed by atoms with E-state index in [1.807, 2.05) is 18.7 Å².